The highest BCUT2D eigenvalue weighted by Gasteiger charge is 2.58. The van der Waals surface area contributed by atoms with E-state index in [1.54, 1.807) is 7.11 Å². The number of hydrogen-bond acceptors (Lipinski definition) is 3. The van der Waals surface area contributed by atoms with Crippen LogP contribution in [0.2, 0.25) is 0 Å². The summed E-state index contributed by atoms with van der Waals surface area (Å²) in [5, 5.41) is 12.4. The number of fused-ring (bicyclic) bond motifs is 6. The van der Waals surface area contributed by atoms with Gasteiger partial charge in [-0.15, -0.1) is 0 Å². The number of ether oxygens (including phenoxy) is 2. The van der Waals surface area contributed by atoms with E-state index in [9.17, 15) is 5.11 Å². The van der Waals surface area contributed by atoms with Crippen LogP contribution in [0.5, 0.6) is 11.5 Å². The summed E-state index contributed by atoms with van der Waals surface area (Å²) < 4.78 is 13.3. The Balaban J connectivity index is 1.52. The molecular weight excluding hydrogens is 540 g/mol. The van der Waals surface area contributed by atoms with Gasteiger partial charge in [-0.1, -0.05) is 94.2 Å². The van der Waals surface area contributed by atoms with E-state index in [0.29, 0.717) is 17.8 Å². The molecule has 4 aliphatic carbocycles. The maximum absolute atomic E-state index is 12.4. The molecule has 2 fully saturated rings. The lowest BCUT2D eigenvalue weighted by Crippen LogP contribution is -2.57. The number of hydrogen-bond donors (Lipinski definition) is 1. The number of allylic oxidation sites excluding steroid dienone is 1. The van der Waals surface area contributed by atoms with Crippen molar-refractivity contribution in [1.29, 1.82) is 0 Å². The minimum atomic E-state index is -0.711. The summed E-state index contributed by atoms with van der Waals surface area (Å²) in [6, 6.07) is 9.31. The van der Waals surface area contributed by atoms with Crippen LogP contribution >= 0.6 is 0 Å². The van der Waals surface area contributed by atoms with Crippen molar-refractivity contribution in [3.63, 3.8) is 0 Å². The molecule has 0 heterocycles. The van der Waals surface area contributed by atoms with Crippen LogP contribution in [-0.4, -0.2) is 18.3 Å². The van der Waals surface area contributed by atoms with Gasteiger partial charge in [0.25, 0.3) is 0 Å². The van der Waals surface area contributed by atoms with Crippen LogP contribution in [-0.2, 0) is 10.8 Å². The van der Waals surface area contributed by atoms with Crippen LogP contribution in [0.25, 0.3) is 6.08 Å². The van der Waals surface area contributed by atoms with Crippen LogP contribution in [0, 0.1) is 22.7 Å². The molecule has 240 valence electrons. The van der Waals surface area contributed by atoms with Crippen LogP contribution < -0.4 is 9.47 Å². The van der Waals surface area contributed by atoms with Crippen molar-refractivity contribution < 1.29 is 14.6 Å². The Kier molecular flexibility index (Phi) is 7.67. The first-order valence-corrected chi connectivity index (χ1v) is 17.5. The molecule has 6 rings (SSSR count). The van der Waals surface area contributed by atoms with E-state index in [1.807, 2.05) is 0 Å². The lowest BCUT2D eigenvalue weighted by atomic mass is 9.49. The second-order valence-electron chi connectivity index (χ2n) is 17.3. The standard InChI is InChI=1S/C41H58O3/c1-24(2)27-20-26-14-15-34-38(5,6)16-12-18-40(34,9)30(26)22-33(27)44-36-35(42)29-21-28(25(3)4)32(43-11)23-31(29)41(10)19-13-17-39(7,8)37(36)41/h14-15,20-25,34-37,42H,12-13,16-19H2,1-11H3/t34-,35+,36+,37+,40-,41-/m1/s1. The molecule has 4 aliphatic rings. The van der Waals surface area contributed by atoms with Crippen LogP contribution in [0.4, 0.5) is 0 Å². The largest absolute Gasteiger partial charge is 0.496 e. The summed E-state index contributed by atoms with van der Waals surface area (Å²) in [6.07, 6.45) is 11.0. The second-order valence-corrected chi connectivity index (χ2v) is 17.3. The highest BCUT2D eigenvalue weighted by Crippen LogP contribution is 2.62. The minimum absolute atomic E-state index is 0.0136. The van der Waals surface area contributed by atoms with Gasteiger partial charge in [0.15, 0.2) is 0 Å². The van der Waals surface area contributed by atoms with E-state index in [4.69, 9.17) is 9.47 Å². The monoisotopic (exact) mass is 598 g/mol. The lowest BCUT2D eigenvalue weighted by molar-refractivity contribution is -0.101. The van der Waals surface area contributed by atoms with Gasteiger partial charge >= 0.3 is 0 Å². The van der Waals surface area contributed by atoms with Gasteiger partial charge in [-0.05, 0) is 123 Å². The number of aliphatic hydroxyl groups is 1. The van der Waals surface area contributed by atoms with Crippen molar-refractivity contribution in [2.45, 2.75) is 143 Å². The molecule has 44 heavy (non-hydrogen) atoms. The zero-order valence-corrected chi connectivity index (χ0v) is 29.4. The van der Waals surface area contributed by atoms with Gasteiger partial charge < -0.3 is 14.6 Å². The Labute approximate surface area is 267 Å². The minimum Gasteiger partial charge on any atom is -0.496 e. The number of rotatable bonds is 5. The van der Waals surface area contributed by atoms with E-state index in [-0.39, 0.29) is 33.7 Å². The second kappa shape index (κ2) is 10.6. The molecule has 6 atom stereocenters. The first-order chi connectivity index (χ1) is 20.5. The van der Waals surface area contributed by atoms with Gasteiger partial charge in [0, 0.05) is 5.92 Å². The molecule has 3 heteroatoms. The zero-order valence-electron chi connectivity index (χ0n) is 29.4. The third-order valence-electron chi connectivity index (χ3n) is 12.8. The topological polar surface area (TPSA) is 38.7 Å². The predicted octanol–water partition coefficient (Wildman–Crippen LogP) is 10.6. The summed E-state index contributed by atoms with van der Waals surface area (Å²) >= 11 is 0. The van der Waals surface area contributed by atoms with Crippen molar-refractivity contribution in [3.05, 3.63) is 63.7 Å². The van der Waals surface area contributed by atoms with Gasteiger partial charge in [-0.3, -0.25) is 0 Å². The van der Waals surface area contributed by atoms with E-state index >= 15 is 0 Å². The van der Waals surface area contributed by atoms with E-state index in [0.717, 1.165) is 35.5 Å². The molecular formula is C41H58O3. The summed E-state index contributed by atoms with van der Waals surface area (Å²) in [6.45, 7) is 23.6. The molecule has 3 nitrogen and oxygen atoms in total. The molecule has 0 aliphatic heterocycles. The fourth-order valence-corrected chi connectivity index (χ4v) is 10.7. The fraction of sp³-hybridized carbons (Fsp3) is 0.659. The van der Waals surface area contributed by atoms with Crippen molar-refractivity contribution in [1.82, 2.24) is 0 Å². The molecule has 0 aromatic heterocycles. The van der Waals surface area contributed by atoms with Crippen LogP contribution in [0.1, 0.15) is 159 Å². The van der Waals surface area contributed by atoms with Gasteiger partial charge in [0.2, 0.25) is 0 Å². The SMILES string of the molecule is COc1cc2c(cc1C(C)C)[C@H](O)[C@H](Oc1cc3c(cc1C(C)C)C=C[C@@H]1C(C)(C)CCC[C@]31C)[C@H]1C(C)(C)CCC[C@]21C. The fourth-order valence-electron chi connectivity index (χ4n) is 10.7. The molecule has 1 N–H and O–H groups in total. The Morgan fingerprint density at radius 2 is 1.32 bits per heavy atom. The van der Waals surface area contributed by atoms with Gasteiger partial charge in [-0.2, -0.15) is 0 Å². The summed E-state index contributed by atoms with van der Waals surface area (Å²) in [5.41, 5.74) is 7.71. The maximum atomic E-state index is 12.4. The Hall–Kier alpha value is -2.26. The molecule has 2 aromatic rings. The van der Waals surface area contributed by atoms with Gasteiger partial charge in [0.05, 0.1) is 7.11 Å². The molecule has 0 saturated heterocycles. The quantitative estimate of drug-likeness (QED) is 0.372. The van der Waals surface area contributed by atoms with Crippen molar-refractivity contribution in [2.75, 3.05) is 7.11 Å². The van der Waals surface area contributed by atoms with Crippen LogP contribution in [0.15, 0.2) is 30.3 Å². The first kappa shape index (κ1) is 31.7. The Bertz CT molecular complexity index is 1460. The summed E-state index contributed by atoms with van der Waals surface area (Å²) in [4.78, 5) is 0. The Morgan fingerprint density at radius 3 is 1.95 bits per heavy atom. The van der Waals surface area contributed by atoms with E-state index in [1.165, 1.54) is 47.9 Å². The summed E-state index contributed by atoms with van der Waals surface area (Å²) in [7, 11) is 1.78. The van der Waals surface area contributed by atoms with Crippen molar-refractivity contribution in [3.8, 4) is 11.5 Å². The number of benzene rings is 2. The maximum Gasteiger partial charge on any atom is 0.133 e. The Morgan fingerprint density at radius 1 is 0.727 bits per heavy atom. The molecule has 2 aromatic carbocycles. The predicted molar refractivity (Wildman–Crippen MR) is 183 cm³/mol. The first-order valence-electron chi connectivity index (χ1n) is 17.5. The molecule has 0 radical (unpaired) electrons. The molecule has 0 amide bonds. The molecule has 0 bridgehead atoms. The molecule has 2 saturated carbocycles. The highest BCUT2D eigenvalue weighted by atomic mass is 16.5. The highest BCUT2D eigenvalue weighted by molar-refractivity contribution is 5.65. The average Bonchev–Trinajstić information content (AvgIpc) is 2.93. The lowest BCUT2D eigenvalue weighted by Gasteiger charge is -2.58. The van der Waals surface area contributed by atoms with Crippen molar-refractivity contribution >= 4 is 6.08 Å². The normalized spacial score (nSPS) is 33.3. The molecule has 0 unspecified atom stereocenters. The average molecular weight is 599 g/mol. The van der Waals surface area contributed by atoms with E-state index < -0.39 is 6.10 Å². The smallest absolute Gasteiger partial charge is 0.133 e. The van der Waals surface area contributed by atoms with E-state index in [2.05, 4.69) is 106 Å². The van der Waals surface area contributed by atoms with Crippen molar-refractivity contribution in [2.24, 2.45) is 22.7 Å². The number of methoxy groups -OCH3 is 1. The molecule has 0 spiro atoms. The van der Waals surface area contributed by atoms with Gasteiger partial charge in [0.1, 0.15) is 23.7 Å². The summed E-state index contributed by atoms with van der Waals surface area (Å²) in [5.74, 6) is 3.19. The van der Waals surface area contributed by atoms with Crippen LogP contribution in [0.3, 0.4) is 0 Å². The van der Waals surface area contributed by atoms with Gasteiger partial charge in [-0.25, -0.2) is 0 Å². The zero-order chi connectivity index (χ0) is 32.0. The number of aliphatic hydroxyl groups excluding tert-OH is 1. The third-order valence-corrected chi connectivity index (χ3v) is 12.8. The third kappa shape index (κ3) is 4.69.